The second kappa shape index (κ2) is 5.59. The van der Waals surface area contributed by atoms with Crippen molar-refractivity contribution in [2.75, 3.05) is 10.5 Å². The lowest BCUT2D eigenvalue weighted by atomic mass is 10.3. The number of nitrogens with one attached hydrogen (secondary N) is 1. The van der Waals surface area contributed by atoms with Crippen LogP contribution in [0, 0.1) is 6.92 Å². The summed E-state index contributed by atoms with van der Waals surface area (Å²) in [6, 6.07) is 7.53. The van der Waals surface area contributed by atoms with E-state index in [1.54, 1.807) is 19.1 Å². The molecule has 2 aromatic rings. The van der Waals surface area contributed by atoms with Gasteiger partial charge in [-0.2, -0.15) is 0 Å². The molecule has 20 heavy (non-hydrogen) atoms. The molecule has 1 aromatic heterocycles. The quantitative estimate of drug-likeness (QED) is 0.806. The highest BCUT2D eigenvalue weighted by Crippen LogP contribution is 2.26. The second-order valence-corrected chi connectivity index (χ2v) is 6.97. The van der Waals surface area contributed by atoms with Crippen LogP contribution in [0.15, 0.2) is 39.7 Å². The third kappa shape index (κ3) is 3.23. The highest BCUT2D eigenvalue weighted by atomic mass is 79.9. The molecule has 2 rings (SSSR count). The number of hydrogen-bond acceptors (Lipinski definition) is 4. The Morgan fingerprint density at radius 2 is 2.00 bits per heavy atom. The number of anilines is 2. The van der Waals surface area contributed by atoms with Gasteiger partial charge in [-0.25, -0.2) is 13.4 Å². The van der Waals surface area contributed by atoms with E-state index in [0.717, 1.165) is 4.47 Å². The zero-order chi connectivity index (χ0) is 14.9. The number of aromatic nitrogens is 1. The summed E-state index contributed by atoms with van der Waals surface area (Å²) in [4.78, 5) is 4.04. The summed E-state index contributed by atoms with van der Waals surface area (Å²) >= 11 is 9.20. The first-order chi connectivity index (χ1) is 9.29. The lowest BCUT2D eigenvalue weighted by Crippen LogP contribution is -2.15. The van der Waals surface area contributed by atoms with Gasteiger partial charge >= 0.3 is 0 Å². The van der Waals surface area contributed by atoms with Crippen molar-refractivity contribution >= 4 is 49.1 Å². The van der Waals surface area contributed by atoms with E-state index in [4.69, 9.17) is 17.3 Å². The van der Waals surface area contributed by atoms with Gasteiger partial charge in [0.2, 0.25) is 0 Å². The lowest BCUT2D eigenvalue weighted by Gasteiger charge is -2.10. The first-order valence-electron chi connectivity index (χ1n) is 5.50. The molecule has 0 aliphatic heterocycles. The SMILES string of the molecule is Cc1nc(NS(=O)(=O)c2cc(N)ccc2Cl)ccc1Br. The van der Waals surface area contributed by atoms with Crippen LogP contribution < -0.4 is 10.5 Å². The van der Waals surface area contributed by atoms with Crippen molar-refractivity contribution in [3.63, 3.8) is 0 Å². The van der Waals surface area contributed by atoms with E-state index in [-0.39, 0.29) is 15.7 Å². The third-order valence-electron chi connectivity index (χ3n) is 2.51. The molecule has 0 spiro atoms. The van der Waals surface area contributed by atoms with Gasteiger partial charge in [0.15, 0.2) is 0 Å². The van der Waals surface area contributed by atoms with E-state index in [0.29, 0.717) is 11.4 Å². The minimum absolute atomic E-state index is 0.0819. The van der Waals surface area contributed by atoms with Gasteiger partial charge in [0, 0.05) is 10.2 Å². The maximum atomic E-state index is 12.3. The molecule has 5 nitrogen and oxygen atoms in total. The molecule has 0 unspecified atom stereocenters. The predicted octanol–water partition coefficient (Wildman–Crippen LogP) is 3.19. The number of rotatable bonds is 3. The molecule has 0 atom stereocenters. The number of hydrogen-bond donors (Lipinski definition) is 2. The van der Waals surface area contributed by atoms with Crippen molar-refractivity contribution in [3.8, 4) is 0 Å². The minimum atomic E-state index is -3.84. The van der Waals surface area contributed by atoms with Gasteiger partial charge in [0.1, 0.15) is 10.7 Å². The molecule has 8 heteroatoms. The number of sulfonamides is 1. The van der Waals surface area contributed by atoms with Crippen molar-refractivity contribution in [2.45, 2.75) is 11.8 Å². The molecule has 0 saturated carbocycles. The number of nitrogens with zero attached hydrogens (tertiary/aromatic N) is 1. The standard InChI is InChI=1S/C12H11BrClN3O2S/c1-7-9(13)3-5-12(16-7)17-20(18,19)11-6-8(15)2-4-10(11)14/h2-6H,15H2,1H3,(H,16,17). The van der Waals surface area contributed by atoms with E-state index >= 15 is 0 Å². The molecular weight excluding hydrogens is 366 g/mol. The van der Waals surface area contributed by atoms with Crippen LogP contribution in [-0.2, 0) is 10.0 Å². The highest BCUT2D eigenvalue weighted by Gasteiger charge is 2.19. The number of halogens is 2. The average molecular weight is 377 g/mol. The van der Waals surface area contributed by atoms with Crippen LogP contribution in [0.2, 0.25) is 5.02 Å². The summed E-state index contributed by atoms with van der Waals surface area (Å²) in [6.45, 7) is 1.76. The fraction of sp³-hybridized carbons (Fsp3) is 0.0833. The van der Waals surface area contributed by atoms with Crippen LogP contribution in [0.1, 0.15) is 5.69 Å². The summed E-state index contributed by atoms with van der Waals surface area (Å²) in [6.07, 6.45) is 0. The van der Waals surface area contributed by atoms with Gasteiger partial charge in [0.05, 0.1) is 10.7 Å². The highest BCUT2D eigenvalue weighted by molar-refractivity contribution is 9.10. The van der Waals surface area contributed by atoms with Crippen molar-refractivity contribution in [1.82, 2.24) is 4.98 Å². The Bertz CT molecular complexity index is 765. The Balaban J connectivity index is 2.40. The molecule has 1 aromatic carbocycles. The molecule has 106 valence electrons. The molecule has 0 bridgehead atoms. The van der Waals surface area contributed by atoms with E-state index in [2.05, 4.69) is 25.6 Å². The number of aryl methyl sites for hydroxylation is 1. The van der Waals surface area contributed by atoms with Crippen LogP contribution in [0.25, 0.3) is 0 Å². The first kappa shape index (κ1) is 15.1. The molecule has 0 radical (unpaired) electrons. The molecule has 0 fully saturated rings. The maximum Gasteiger partial charge on any atom is 0.264 e. The van der Waals surface area contributed by atoms with Crippen LogP contribution in [0.4, 0.5) is 11.5 Å². The fourth-order valence-electron chi connectivity index (χ4n) is 1.52. The molecule has 0 aliphatic carbocycles. The van der Waals surface area contributed by atoms with E-state index in [1.807, 2.05) is 0 Å². The zero-order valence-electron chi connectivity index (χ0n) is 10.4. The zero-order valence-corrected chi connectivity index (χ0v) is 13.6. The van der Waals surface area contributed by atoms with E-state index in [1.165, 1.54) is 18.2 Å². The Kier molecular flexibility index (Phi) is 4.22. The second-order valence-electron chi connectivity index (χ2n) is 4.06. The first-order valence-corrected chi connectivity index (χ1v) is 8.16. The van der Waals surface area contributed by atoms with Gasteiger partial charge in [-0.05, 0) is 53.2 Å². The van der Waals surface area contributed by atoms with Crippen LogP contribution in [0.5, 0.6) is 0 Å². The van der Waals surface area contributed by atoms with E-state index in [9.17, 15) is 8.42 Å². The summed E-state index contributed by atoms with van der Waals surface area (Å²) in [5.74, 6) is 0.212. The molecule has 3 N–H and O–H groups in total. The predicted molar refractivity (Wildman–Crippen MR) is 83.3 cm³/mol. The normalized spacial score (nSPS) is 11.3. The summed E-state index contributed by atoms with van der Waals surface area (Å²) < 4.78 is 27.7. The Hall–Kier alpha value is -1.31. The Morgan fingerprint density at radius 3 is 2.65 bits per heavy atom. The topological polar surface area (TPSA) is 85.1 Å². The summed E-state index contributed by atoms with van der Waals surface area (Å²) in [7, 11) is -3.84. The summed E-state index contributed by atoms with van der Waals surface area (Å²) in [5, 5.41) is 0.0977. The molecule has 0 aliphatic rings. The van der Waals surface area contributed by atoms with Gasteiger partial charge < -0.3 is 5.73 Å². The maximum absolute atomic E-state index is 12.3. The number of benzene rings is 1. The largest absolute Gasteiger partial charge is 0.399 e. The van der Waals surface area contributed by atoms with Crippen molar-refractivity contribution in [3.05, 3.63) is 45.5 Å². The monoisotopic (exact) mass is 375 g/mol. The fourth-order valence-corrected chi connectivity index (χ4v) is 3.28. The number of nitrogen functional groups attached to an aromatic ring is 1. The van der Waals surface area contributed by atoms with Gasteiger partial charge in [0.25, 0.3) is 10.0 Å². The smallest absolute Gasteiger partial charge is 0.264 e. The van der Waals surface area contributed by atoms with Crippen molar-refractivity contribution in [1.29, 1.82) is 0 Å². The Morgan fingerprint density at radius 1 is 1.30 bits per heavy atom. The number of nitrogens with two attached hydrogens (primary N) is 1. The molecule has 0 saturated heterocycles. The molecular formula is C12H11BrClN3O2S. The molecule has 0 amide bonds. The van der Waals surface area contributed by atoms with E-state index < -0.39 is 10.0 Å². The van der Waals surface area contributed by atoms with Gasteiger partial charge in [-0.3, -0.25) is 4.72 Å². The minimum Gasteiger partial charge on any atom is -0.399 e. The van der Waals surface area contributed by atoms with Crippen molar-refractivity contribution < 1.29 is 8.42 Å². The Labute approximate surface area is 130 Å². The van der Waals surface area contributed by atoms with Crippen LogP contribution in [0.3, 0.4) is 0 Å². The van der Waals surface area contributed by atoms with Crippen LogP contribution >= 0.6 is 27.5 Å². The van der Waals surface area contributed by atoms with Crippen LogP contribution in [-0.4, -0.2) is 13.4 Å². The molecule has 1 heterocycles. The number of pyridine rings is 1. The lowest BCUT2D eigenvalue weighted by molar-refractivity contribution is 0.601. The summed E-state index contributed by atoms with van der Waals surface area (Å²) in [5.41, 5.74) is 6.57. The van der Waals surface area contributed by atoms with Crippen molar-refractivity contribution in [2.24, 2.45) is 0 Å². The van der Waals surface area contributed by atoms with Gasteiger partial charge in [-0.1, -0.05) is 11.6 Å². The average Bonchev–Trinajstić information content (AvgIpc) is 2.36. The third-order valence-corrected chi connectivity index (χ3v) is 5.18. The van der Waals surface area contributed by atoms with Gasteiger partial charge in [-0.15, -0.1) is 0 Å².